The Kier molecular flexibility index (Phi) is 5.38. The Morgan fingerprint density at radius 2 is 1.55 bits per heavy atom. The Morgan fingerprint density at radius 3 is 2.14 bits per heavy atom. The molecule has 0 bridgehead atoms. The minimum Gasteiger partial charge on any atom is -0.429 e. The van der Waals surface area contributed by atoms with E-state index in [4.69, 9.17) is 16.3 Å². The van der Waals surface area contributed by atoms with Crippen LogP contribution in [0.2, 0.25) is 5.02 Å². The van der Waals surface area contributed by atoms with E-state index in [1.165, 1.54) is 0 Å². The van der Waals surface area contributed by atoms with Gasteiger partial charge in [0.05, 0.1) is 5.60 Å². The van der Waals surface area contributed by atoms with Crippen LogP contribution < -0.4 is 5.46 Å². The van der Waals surface area contributed by atoms with Gasteiger partial charge in [0.25, 0.3) is 0 Å². The van der Waals surface area contributed by atoms with Crippen LogP contribution in [0, 0.1) is 0 Å². The third kappa shape index (κ3) is 4.13. The van der Waals surface area contributed by atoms with Crippen molar-refractivity contribution in [2.75, 3.05) is 0 Å². The molecule has 0 aromatic heterocycles. The van der Waals surface area contributed by atoms with Crippen LogP contribution >= 0.6 is 20.8 Å². The maximum Gasteiger partial charge on any atom is 0.331 e. The first kappa shape index (κ1) is 17.5. The van der Waals surface area contributed by atoms with Crippen LogP contribution in [0.15, 0.2) is 48.5 Å². The lowest BCUT2D eigenvalue weighted by Gasteiger charge is -2.39. The van der Waals surface area contributed by atoms with Crippen LogP contribution in [0.25, 0.3) is 11.1 Å². The summed E-state index contributed by atoms with van der Waals surface area (Å²) in [6, 6.07) is 16.1. The molecule has 2 aromatic rings. The molecule has 115 valence electrons. The van der Waals surface area contributed by atoms with Crippen molar-refractivity contribution in [2.45, 2.75) is 38.5 Å². The van der Waals surface area contributed by atoms with Gasteiger partial charge < -0.3 is 4.65 Å². The molecule has 0 aliphatic carbocycles. The summed E-state index contributed by atoms with van der Waals surface area (Å²) in [7, 11) is 4.71. The Bertz CT molecular complexity index is 632. The molecule has 0 aliphatic rings. The maximum absolute atomic E-state index is 6.09. The van der Waals surface area contributed by atoms with Crippen LogP contribution in [-0.4, -0.2) is 18.2 Å². The van der Waals surface area contributed by atoms with Crippen LogP contribution in [0.5, 0.6) is 0 Å². The van der Waals surface area contributed by atoms with Gasteiger partial charge in [0, 0.05) is 10.2 Å². The molecule has 0 amide bonds. The minimum atomic E-state index is -0.287. The summed E-state index contributed by atoms with van der Waals surface area (Å²) in [4.78, 5) is 0. The molecule has 0 heterocycles. The first-order chi connectivity index (χ1) is 10.2. The number of halogens is 1. The molecule has 0 N–H and O–H groups in total. The summed E-state index contributed by atoms with van der Waals surface area (Å²) >= 11 is 5.98. The summed E-state index contributed by atoms with van der Waals surface area (Å²) in [5, 5.41) is 0.714. The van der Waals surface area contributed by atoms with Crippen LogP contribution in [-0.2, 0) is 4.65 Å². The van der Waals surface area contributed by atoms with Gasteiger partial charge in [-0.25, -0.2) is 0 Å². The van der Waals surface area contributed by atoms with Crippen molar-refractivity contribution >= 4 is 33.8 Å². The second-order valence-electron chi connectivity index (χ2n) is 6.56. The number of hydrogen-bond donors (Lipinski definition) is 0. The summed E-state index contributed by atoms with van der Waals surface area (Å²) in [6.45, 7) is 8.50. The van der Waals surface area contributed by atoms with E-state index >= 15 is 0 Å². The van der Waals surface area contributed by atoms with E-state index in [9.17, 15) is 0 Å². The van der Waals surface area contributed by atoms with Crippen molar-refractivity contribution in [1.82, 2.24) is 0 Å². The predicted molar refractivity (Wildman–Crippen MR) is 101 cm³/mol. The highest BCUT2D eigenvalue weighted by atomic mass is 35.5. The number of benzene rings is 2. The average molecular weight is 332 g/mol. The van der Waals surface area contributed by atoms with E-state index in [2.05, 4.69) is 49.1 Å². The zero-order valence-electron chi connectivity index (χ0n) is 13.6. The molecule has 0 fully saturated rings. The van der Waals surface area contributed by atoms with Crippen molar-refractivity contribution in [3.05, 3.63) is 53.6 Å². The highest BCUT2D eigenvalue weighted by Crippen LogP contribution is 2.33. The number of rotatable bonds is 5. The lowest BCUT2D eigenvalue weighted by molar-refractivity contribution is 0.0841. The summed E-state index contributed by atoms with van der Waals surface area (Å²) in [5.74, 6) is 0. The lowest BCUT2D eigenvalue weighted by atomic mass is 9.79. The van der Waals surface area contributed by atoms with Gasteiger partial charge in [-0.15, -0.1) is 9.24 Å². The molecule has 1 nitrogen and oxygen atoms in total. The molecule has 2 aromatic carbocycles. The maximum atomic E-state index is 6.09. The smallest absolute Gasteiger partial charge is 0.331 e. The molecular weight excluding hydrogens is 309 g/mol. The fourth-order valence-corrected chi connectivity index (χ4v) is 2.05. The molecule has 0 spiro atoms. The molecule has 1 radical (unpaired) electrons. The van der Waals surface area contributed by atoms with Gasteiger partial charge in [0.1, 0.15) is 0 Å². The van der Waals surface area contributed by atoms with Crippen LogP contribution in [0.4, 0.5) is 0 Å². The quantitative estimate of drug-likeness (QED) is 0.570. The van der Waals surface area contributed by atoms with Crippen molar-refractivity contribution < 1.29 is 4.65 Å². The minimum absolute atomic E-state index is 0.0291. The highest BCUT2D eigenvalue weighted by molar-refractivity contribution is 7.19. The van der Waals surface area contributed by atoms with Crippen molar-refractivity contribution in [3.63, 3.8) is 0 Å². The number of hydrogen-bond acceptors (Lipinski definition) is 1. The monoisotopic (exact) mass is 331 g/mol. The van der Waals surface area contributed by atoms with Gasteiger partial charge in [-0.2, -0.15) is 0 Å². The molecule has 2 rings (SSSR count). The third-order valence-corrected chi connectivity index (χ3v) is 5.10. The van der Waals surface area contributed by atoms with Crippen LogP contribution in [0.3, 0.4) is 0 Å². The van der Waals surface area contributed by atoms with Gasteiger partial charge in [0.2, 0.25) is 0 Å². The normalized spacial score (nSPS) is 12.3. The second-order valence-corrected chi connectivity index (χ2v) is 8.44. The topological polar surface area (TPSA) is 9.23 Å². The fourth-order valence-electron chi connectivity index (χ4n) is 1.85. The van der Waals surface area contributed by atoms with Gasteiger partial charge in [-0.3, -0.25) is 0 Å². The third-order valence-electron chi connectivity index (χ3n) is 4.15. The molecule has 0 saturated heterocycles. The van der Waals surface area contributed by atoms with Gasteiger partial charge in [-0.05, 0) is 42.6 Å². The van der Waals surface area contributed by atoms with E-state index in [0.29, 0.717) is 0 Å². The zero-order chi connectivity index (χ0) is 16.4. The van der Waals surface area contributed by atoms with Crippen molar-refractivity contribution in [2.24, 2.45) is 0 Å². The second kappa shape index (κ2) is 6.75. The first-order valence-electron chi connectivity index (χ1n) is 7.35. The highest BCUT2D eigenvalue weighted by Gasteiger charge is 2.33. The molecular formula is C18H22BClOP. The predicted octanol–water partition coefficient (Wildman–Crippen LogP) is 4.70. The molecule has 22 heavy (non-hydrogen) atoms. The van der Waals surface area contributed by atoms with E-state index in [1.807, 2.05) is 43.9 Å². The Morgan fingerprint density at radius 1 is 0.955 bits per heavy atom. The van der Waals surface area contributed by atoms with Crippen molar-refractivity contribution in [3.8, 4) is 11.1 Å². The van der Waals surface area contributed by atoms with E-state index in [-0.39, 0.29) is 10.8 Å². The molecule has 4 heteroatoms. The molecule has 0 saturated carbocycles. The lowest BCUT2D eigenvalue weighted by Crippen LogP contribution is -2.45. The zero-order valence-corrected chi connectivity index (χ0v) is 15.5. The standard InChI is InChI=1S/C18H22BClOP/c1-17(2,18(3,4)22)21-19-16-8-6-5-7-15(16)13-9-11-14(20)12-10-13/h5-12H,22H2,1-4H3. The molecule has 1 atom stereocenters. The Balaban J connectivity index is 2.24. The van der Waals surface area contributed by atoms with E-state index in [1.54, 1.807) is 0 Å². The largest absolute Gasteiger partial charge is 0.429 e. The van der Waals surface area contributed by atoms with Crippen LogP contribution in [0.1, 0.15) is 27.7 Å². The van der Waals surface area contributed by atoms with E-state index in [0.717, 1.165) is 21.6 Å². The Labute approximate surface area is 141 Å². The van der Waals surface area contributed by atoms with E-state index < -0.39 is 0 Å². The fraction of sp³-hybridized carbons (Fsp3) is 0.333. The SMILES string of the molecule is CC(C)(P)C(C)(C)O[B]c1ccccc1-c1ccc(Cl)cc1. The van der Waals surface area contributed by atoms with Crippen molar-refractivity contribution in [1.29, 1.82) is 0 Å². The van der Waals surface area contributed by atoms with Gasteiger partial charge >= 0.3 is 7.48 Å². The summed E-state index contributed by atoms with van der Waals surface area (Å²) in [6.07, 6.45) is 0. The summed E-state index contributed by atoms with van der Waals surface area (Å²) < 4.78 is 6.09. The molecule has 0 aliphatic heterocycles. The summed E-state index contributed by atoms with van der Waals surface area (Å²) in [5.41, 5.74) is 3.04. The Hall–Kier alpha value is -0.815. The molecule has 1 unspecified atom stereocenters. The first-order valence-corrected chi connectivity index (χ1v) is 8.31. The average Bonchev–Trinajstić information content (AvgIpc) is 2.45. The van der Waals surface area contributed by atoms with Gasteiger partial charge in [0.15, 0.2) is 0 Å². The van der Waals surface area contributed by atoms with Gasteiger partial charge in [-0.1, -0.05) is 61.8 Å².